The van der Waals surface area contributed by atoms with Crippen molar-refractivity contribution in [1.29, 1.82) is 0 Å². The lowest BCUT2D eigenvalue weighted by Crippen LogP contribution is -2.17. The van der Waals surface area contributed by atoms with Crippen LogP contribution in [0, 0.1) is 6.92 Å². The fourth-order valence-electron chi connectivity index (χ4n) is 2.60. The molecule has 0 radical (unpaired) electrons. The van der Waals surface area contributed by atoms with Gasteiger partial charge in [-0.2, -0.15) is 5.10 Å². The molecule has 0 aromatic carbocycles. The molecule has 3 rings (SSSR count). The summed E-state index contributed by atoms with van der Waals surface area (Å²) < 4.78 is 28.1. The molecule has 0 aliphatic rings. The molecule has 0 unspecified atom stereocenters. The highest BCUT2D eigenvalue weighted by molar-refractivity contribution is 9.10. The zero-order valence-corrected chi connectivity index (χ0v) is 16.6. The van der Waals surface area contributed by atoms with Gasteiger partial charge in [0.25, 0.3) is 18.2 Å². The van der Waals surface area contributed by atoms with Gasteiger partial charge in [-0.3, -0.25) is 14.3 Å². The van der Waals surface area contributed by atoms with Gasteiger partial charge in [-0.1, -0.05) is 0 Å². The van der Waals surface area contributed by atoms with Crippen molar-refractivity contribution in [3.63, 3.8) is 0 Å². The predicted molar refractivity (Wildman–Crippen MR) is 101 cm³/mol. The standard InChI is InChI=1S/C16H14BrF2N5O2S/c1-3-24-5-7(17)10(23-24)15(26)22-11-9-6(2)4-8(13(18)19)21-16(9)27-12(11)14(20)25/h4-5,13H,3H2,1-2H3,(H2,20,25)(H,22,26). The molecule has 3 aromatic heterocycles. The molecule has 7 nitrogen and oxygen atoms in total. The van der Waals surface area contributed by atoms with E-state index in [0.29, 0.717) is 22.0 Å². The maximum Gasteiger partial charge on any atom is 0.280 e. The molecular weight excluding hydrogens is 444 g/mol. The number of carbonyl (C=O) groups is 2. The van der Waals surface area contributed by atoms with Gasteiger partial charge in [0, 0.05) is 18.1 Å². The van der Waals surface area contributed by atoms with Gasteiger partial charge in [0.05, 0.1) is 10.2 Å². The minimum Gasteiger partial charge on any atom is -0.365 e. The molecule has 0 atom stereocenters. The number of aromatic nitrogens is 3. The van der Waals surface area contributed by atoms with Crippen molar-refractivity contribution in [1.82, 2.24) is 14.8 Å². The van der Waals surface area contributed by atoms with E-state index in [9.17, 15) is 18.4 Å². The number of fused-ring (bicyclic) bond motifs is 1. The molecule has 142 valence electrons. The van der Waals surface area contributed by atoms with Crippen LogP contribution in [0.4, 0.5) is 14.5 Å². The lowest BCUT2D eigenvalue weighted by atomic mass is 10.1. The number of anilines is 1. The van der Waals surface area contributed by atoms with Crippen LogP contribution >= 0.6 is 27.3 Å². The third-order valence-electron chi connectivity index (χ3n) is 3.82. The lowest BCUT2D eigenvalue weighted by Gasteiger charge is -2.07. The van der Waals surface area contributed by atoms with Crippen LogP contribution in [-0.2, 0) is 6.54 Å². The lowest BCUT2D eigenvalue weighted by molar-refractivity contribution is 0.100. The van der Waals surface area contributed by atoms with Crippen molar-refractivity contribution in [2.45, 2.75) is 26.8 Å². The minimum absolute atomic E-state index is 0.0337. The number of nitrogens with zero attached hydrogens (tertiary/aromatic N) is 3. The number of hydrogen-bond acceptors (Lipinski definition) is 5. The molecule has 3 heterocycles. The van der Waals surface area contributed by atoms with Crippen LogP contribution in [-0.4, -0.2) is 26.6 Å². The largest absolute Gasteiger partial charge is 0.365 e. The van der Waals surface area contributed by atoms with Crippen molar-refractivity contribution >= 4 is 55.0 Å². The molecule has 0 fully saturated rings. The average Bonchev–Trinajstić information content (AvgIpc) is 3.15. The summed E-state index contributed by atoms with van der Waals surface area (Å²) in [5.41, 5.74) is 5.74. The van der Waals surface area contributed by atoms with Crippen LogP contribution < -0.4 is 11.1 Å². The number of hydrogen-bond donors (Lipinski definition) is 2. The smallest absolute Gasteiger partial charge is 0.280 e. The first-order valence-electron chi connectivity index (χ1n) is 7.79. The summed E-state index contributed by atoms with van der Waals surface area (Å²) in [6.07, 6.45) is -1.10. The van der Waals surface area contributed by atoms with E-state index in [2.05, 4.69) is 31.3 Å². The number of aryl methyl sites for hydroxylation is 2. The second-order valence-corrected chi connectivity index (χ2v) is 7.50. The van der Waals surface area contributed by atoms with Gasteiger partial charge >= 0.3 is 0 Å². The summed E-state index contributed by atoms with van der Waals surface area (Å²) in [4.78, 5) is 28.6. The Balaban J connectivity index is 2.12. The Bertz CT molecular complexity index is 1060. The Morgan fingerprint density at radius 1 is 1.44 bits per heavy atom. The molecule has 3 N–H and O–H groups in total. The molecule has 0 aliphatic carbocycles. The topological polar surface area (TPSA) is 103 Å². The maximum absolute atomic E-state index is 13.0. The Hall–Kier alpha value is -2.40. The van der Waals surface area contributed by atoms with Crippen LogP contribution in [0.5, 0.6) is 0 Å². The number of carbonyl (C=O) groups excluding carboxylic acids is 2. The van der Waals surface area contributed by atoms with E-state index in [-0.39, 0.29) is 21.1 Å². The van der Waals surface area contributed by atoms with E-state index in [1.165, 1.54) is 6.07 Å². The normalized spacial score (nSPS) is 11.3. The molecular formula is C16H14BrF2N5O2S. The predicted octanol–water partition coefficient (Wildman–Crippen LogP) is 3.87. The van der Waals surface area contributed by atoms with Gasteiger partial charge in [-0.25, -0.2) is 13.8 Å². The molecule has 0 saturated carbocycles. The average molecular weight is 458 g/mol. The number of rotatable bonds is 5. The number of primary amides is 1. The number of alkyl halides is 2. The monoisotopic (exact) mass is 457 g/mol. The van der Waals surface area contributed by atoms with Gasteiger partial charge in [0.2, 0.25) is 0 Å². The summed E-state index contributed by atoms with van der Waals surface area (Å²) in [6.45, 7) is 4.04. The molecule has 0 spiro atoms. The van der Waals surface area contributed by atoms with Crippen molar-refractivity contribution < 1.29 is 18.4 Å². The third-order valence-corrected chi connectivity index (χ3v) is 5.50. The number of nitrogens with two attached hydrogens (primary N) is 1. The van der Waals surface area contributed by atoms with E-state index in [0.717, 1.165) is 11.3 Å². The van der Waals surface area contributed by atoms with E-state index >= 15 is 0 Å². The van der Waals surface area contributed by atoms with Crippen molar-refractivity contribution in [3.05, 3.63) is 38.6 Å². The van der Waals surface area contributed by atoms with E-state index < -0.39 is 23.9 Å². The quantitative estimate of drug-likeness (QED) is 0.606. The Morgan fingerprint density at radius 2 is 2.15 bits per heavy atom. The van der Waals surface area contributed by atoms with Crippen LogP contribution in [0.25, 0.3) is 10.2 Å². The van der Waals surface area contributed by atoms with Crippen molar-refractivity contribution in [2.75, 3.05) is 5.32 Å². The summed E-state index contributed by atoms with van der Waals surface area (Å²) in [7, 11) is 0. The fraction of sp³-hybridized carbons (Fsp3) is 0.250. The van der Waals surface area contributed by atoms with Gasteiger partial charge in [0.15, 0.2) is 5.69 Å². The van der Waals surface area contributed by atoms with E-state index in [4.69, 9.17) is 5.73 Å². The summed E-state index contributed by atoms with van der Waals surface area (Å²) in [6, 6.07) is 1.22. The Labute approximate surface area is 164 Å². The maximum atomic E-state index is 13.0. The molecule has 2 amide bonds. The highest BCUT2D eigenvalue weighted by Crippen LogP contribution is 2.38. The molecule has 0 saturated heterocycles. The number of amides is 2. The highest BCUT2D eigenvalue weighted by atomic mass is 79.9. The zero-order valence-electron chi connectivity index (χ0n) is 14.2. The van der Waals surface area contributed by atoms with Crippen molar-refractivity contribution in [3.8, 4) is 0 Å². The van der Waals surface area contributed by atoms with Gasteiger partial charge in [0.1, 0.15) is 15.4 Å². The Morgan fingerprint density at radius 3 is 2.70 bits per heavy atom. The molecule has 11 heteroatoms. The van der Waals surface area contributed by atoms with Crippen LogP contribution in [0.2, 0.25) is 0 Å². The number of thiophene rings is 1. The zero-order chi connectivity index (χ0) is 19.9. The van der Waals surface area contributed by atoms with Gasteiger partial charge < -0.3 is 11.1 Å². The Kier molecular flexibility index (Phi) is 5.24. The van der Waals surface area contributed by atoms with Gasteiger partial charge in [-0.05, 0) is 41.4 Å². The first kappa shape index (κ1) is 19.4. The van der Waals surface area contributed by atoms with Gasteiger partial charge in [-0.15, -0.1) is 11.3 Å². The SMILES string of the molecule is CCn1cc(Br)c(C(=O)Nc2c(C(N)=O)sc3nc(C(F)F)cc(C)c23)n1. The molecule has 0 bridgehead atoms. The second kappa shape index (κ2) is 7.31. The fourth-order valence-corrected chi connectivity index (χ4v) is 4.16. The first-order chi connectivity index (χ1) is 12.7. The summed E-state index contributed by atoms with van der Waals surface area (Å²) in [5.74, 6) is -1.35. The first-order valence-corrected chi connectivity index (χ1v) is 9.40. The summed E-state index contributed by atoms with van der Waals surface area (Å²) in [5, 5.41) is 7.19. The number of pyridine rings is 1. The van der Waals surface area contributed by atoms with E-state index in [1.54, 1.807) is 17.8 Å². The molecule has 0 aliphatic heterocycles. The van der Waals surface area contributed by atoms with E-state index in [1.807, 2.05) is 6.92 Å². The molecule has 27 heavy (non-hydrogen) atoms. The van der Waals surface area contributed by atoms with Crippen LogP contribution in [0.15, 0.2) is 16.7 Å². The minimum atomic E-state index is -2.75. The van der Waals surface area contributed by atoms with Crippen LogP contribution in [0.3, 0.4) is 0 Å². The van der Waals surface area contributed by atoms with Crippen molar-refractivity contribution in [2.24, 2.45) is 5.73 Å². The molecule has 3 aromatic rings. The highest BCUT2D eigenvalue weighted by Gasteiger charge is 2.25. The number of nitrogens with one attached hydrogen (secondary N) is 1. The third kappa shape index (κ3) is 3.56. The second-order valence-electron chi connectivity index (χ2n) is 5.65. The summed E-state index contributed by atoms with van der Waals surface area (Å²) >= 11 is 4.13. The van der Waals surface area contributed by atoms with Crippen LogP contribution in [0.1, 0.15) is 44.8 Å². The number of halogens is 3.